The van der Waals surface area contributed by atoms with Gasteiger partial charge in [0, 0.05) is 35.5 Å². The van der Waals surface area contributed by atoms with Gasteiger partial charge in [-0.05, 0) is 37.1 Å². The third kappa shape index (κ3) is 3.22. The third-order valence-electron chi connectivity index (χ3n) is 4.36. The Hall–Kier alpha value is -2.67. The largest absolute Gasteiger partial charge is 0.419 e. The number of pyridine rings is 1. The molecule has 1 atom stereocenters. The highest BCUT2D eigenvalue weighted by atomic mass is 32.2. The summed E-state index contributed by atoms with van der Waals surface area (Å²) in [6.07, 6.45) is 4.51. The van der Waals surface area contributed by atoms with E-state index in [0.29, 0.717) is 30.1 Å². The number of imidazole rings is 1. The standard InChI is InChI=1S/C19H19N3O3S/c1-14-6-4-9-21-12-15(20-18(14)21)13-26(24)11-5-10-22-16-7-2-3-8-17(16)25-19(22)23/h2-4,6-9,12H,5,10-11,13H2,1H3/t26-/m0/s1. The van der Waals surface area contributed by atoms with E-state index in [4.69, 9.17) is 4.42 Å². The predicted octanol–water partition coefficient (Wildman–Crippen LogP) is 2.89. The highest BCUT2D eigenvalue weighted by molar-refractivity contribution is 7.84. The van der Waals surface area contributed by atoms with Crippen molar-refractivity contribution in [3.63, 3.8) is 0 Å². The smallest absolute Gasteiger partial charge is 0.408 e. The summed E-state index contributed by atoms with van der Waals surface area (Å²) in [6.45, 7) is 2.50. The number of hydrogen-bond acceptors (Lipinski definition) is 4. The van der Waals surface area contributed by atoms with Crippen LogP contribution in [-0.4, -0.2) is 23.9 Å². The van der Waals surface area contributed by atoms with Crippen molar-refractivity contribution in [1.82, 2.24) is 14.0 Å². The van der Waals surface area contributed by atoms with E-state index in [0.717, 1.165) is 22.4 Å². The SMILES string of the molecule is Cc1cccn2cc(C[S@@](=O)CCCn3c(=O)oc4ccccc43)nc12. The summed E-state index contributed by atoms with van der Waals surface area (Å²) in [4.78, 5) is 16.5. The molecule has 0 radical (unpaired) electrons. The van der Waals surface area contributed by atoms with Gasteiger partial charge >= 0.3 is 5.76 Å². The molecule has 0 saturated heterocycles. The Labute approximate surface area is 152 Å². The molecule has 0 fully saturated rings. The number of aryl methyl sites for hydroxylation is 2. The zero-order valence-corrected chi connectivity index (χ0v) is 15.2. The lowest BCUT2D eigenvalue weighted by atomic mass is 10.3. The first-order chi connectivity index (χ1) is 12.6. The Bertz CT molecular complexity index is 1160. The molecule has 3 aromatic heterocycles. The number of rotatable bonds is 6. The van der Waals surface area contributed by atoms with Crippen LogP contribution in [0.5, 0.6) is 0 Å². The molecule has 0 aliphatic carbocycles. The molecule has 7 heteroatoms. The lowest BCUT2D eigenvalue weighted by Crippen LogP contribution is -2.16. The van der Waals surface area contributed by atoms with Gasteiger partial charge in [-0.25, -0.2) is 9.78 Å². The molecule has 6 nitrogen and oxygen atoms in total. The van der Waals surface area contributed by atoms with E-state index in [1.807, 2.05) is 54.0 Å². The maximum atomic E-state index is 12.4. The van der Waals surface area contributed by atoms with Crippen molar-refractivity contribution in [2.24, 2.45) is 0 Å². The quantitative estimate of drug-likeness (QED) is 0.524. The number of oxazole rings is 1. The minimum atomic E-state index is -1.03. The molecule has 4 aromatic rings. The first kappa shape index (κ1) is 16.8. The highest BCUT2D eigenvalue weighted by Crippen LogP contribution is 2.13. The molecule has 0 saturated carbocycles. The van der Waals surface area contributed by atoms with Crippen LogP contribution in [0.4, 0.5) is 0 Å². The van der Waals surface area contributed by atoms with Crippen LogP contribution in [0.1, 0.15) is 17.7 Å². The predicted molar refractivity (Wildman–Crippen MR) is 102 cm³/mol. The van der Waals surface area contributed by atoms with E-state index in [1.165, 1.54) is 0 Å². The second-order valence-electron chi connectivity index (χ2n) is 6.28. The normalized spacial score (nSPS) is 12.8. The van der Waals surface area contributed by atoms with E-state index in [1.54, 1.807) is 10.6 Å². The van der Waals surface area contributed by atoms with Crippen LogP contribution in [0.3, 0.4) is 0 Å². The minimum absolute atomic E-state index is 0.368. The Kier molecular flexibility index (Phi) is 4.46. The van der Waals surface area contributed by atoms with Crippen LogP contribution in [0.2, 0.25) is 0 Å². The van der Waals surface area contributed by atoms with Crippen LogP contribution in [0, 0.1) is 6.92 Å². The molecule has 1 aromatic carbocycles. The summed E-state index contributed by atoms with van der Waals surface area (Å²) < 4.78 is 21.2. The molecule has 4 rings (SSSR count). The van der Waals surface area contributed by atoms with Crippen LogP contribution >= 0.6 is 0 Å². The van der Waals surface area contributed by atoms with Crippen LogP contribution in [0.15, 0.2) is 58.0 Å². The summed E-state index contributed by atoms with van der Waals surface area (Å²) in [5.74, 6) is 0.564. The van der Waals surface area contributed by atoms with E-state index >= 15 is 0 Å². The van der Waals surface area contributed by atoms with Crippen molar-refractivity contribution in [2.75, 3.05) is 5.75 Å². The topological polar surface area (TPSA) is 69.5 Å². The first-order valence-electron chi connectivity index (χ1n) is 8.48. The lowest BCUT2D eigenvalue weighted by Gasteiger charge is -2.02. The van der Waals surface area contributed by atoms with Crippen molar-refractivity contribution in [1.29, 1.82) is 0 Å². The molecule has 26 heavy (non-hydrogen) atoms. The second-order valence-corrected chi connectivity index (χ2v) is 7.86. The van der Waals surface area contributed by atoms with E-state index < -0.39 is 10.8 Å². The number of aromatic nitrogens is 3. The molecule has 0 aliphatic rings. The van der Waals surface area contributed by atoms with Gasteiger partial charge in [0.2, 0.25) is 0 Å². The monoisotopic (exact) mass is 369 g/mol. The average molecular weight is 369 g/mol. The molecule has 134 valence electrons. The fourth-order valence-corrected chi connectivity index (χ4v) is 4.18. The number of nitrogens with zero attached hydrogens (tertiary/aromatic N) is 3. The lowest BCUT2D eigenvalue weighted by molar-refractivity contribution is 0.502. The summed E-state index contributed by atoms with van der Waals surface area (Å²) in [6, 6.07) is 11.3. The number of fused-ring (bicyclic) bond motifs is 2. The highest BCUT2D eigenvalue weighted by Gasteiger charge is 2.10. The van der Waals surface area contributed by atoms with Crippen molar-refractivity contribution >= 4 is 27.5 Å². The van der Waals surface area contributed by atoms with Crippen molar-refractivity contribution in [3.8, 4) is 0 Å². The molecule has 3 heterocycles. The Balaban J connectivity index is 1.40. The molecule has 0 spiro atoms. The van der Waals surface area contributed by atoms with Gasteiger partial charge in [-0.3, -0.25) is 8.78 Å². The van der Waals surface area contributed by atoms with Crippen molar-refractivity contribution < 1.29 is 8.63 Å². The third-order valence-corrected chi connectivity index (χ3v) is 5.73. The number of benzene rings is 1. The van der Waals surface area contributed by atoms with Gasteiger partial charge in [0.1, 0.15) is 5.65 Å². The first-order valence-corrected chi connectivity index (χ1v) is 9.97. The maximum absolute atomic E-state index is 12.4. The molecule has 0 aliphatic heterocycles. The molecule has 0 bridgehead atoms. The average Bonchev–Trinajstić information content (AvgIpc) is 3.16. The maximum Gasteiger partial charge on any atom is 0.419 e. The summed E-state index contributed by atoms with van der Waals surface area (Å²) in [5.41, 5.74) is 4.17. The van der Waals surface area contributed by atoms with Gasteiger partial charge in [-0.2, -0.15) is 0 Å². The molecule has 0 N–H and O–H groups in total. The van der Waals surface area contributed by atoms with Gasteiger partial charge in [0.25, 0.3) is 0 Å². The van der Waals surface area contributed by atoms with Gasteiger partial charge < -0.3 is 8.82 Å². The molecular weight excluding hydrogens is 350 g/mol. The Morgan fingerprint density at radius 3 is 2.88 bits per heavy atom. The zero-order valence-electron chi connectivity index (χ0n) is 14.4. The fourth-order valence-electron chi connectivity index (χ4n) is 3.12. The zero-order chi connectivity index (χ0) is 18.1. The van der Waals surface area contributed by atoms with Crippen molar-refractivity contribution in [2.45, 2.75) is 25.6 Å². The van der Waals surface area contributed by atoms with Gasteiger partial charge in [0.05, 0.1) is 17.0 Å². The Morgan fingerprint density at radius 1 is 1.19 bits per heavy atom. The van der Waals surface area contributed by atoms with Gasteiger partial charge in [0.15, 0.2) is 5.58 Å². The summed E-state index contributed by atoms with van der Waals surface area (Å²) >= 11 is 0. The fraction of sp³-hybridized carbons (Fsp3) is 0.263. The van der Waals surface area contributed by atoms with E-state index in [2.05, 4.69) is 4.98 Å². The number of para-hydroxylation sites is 2. The number of hydrogen-bond donors (Lipinski definition) is 0. The van der Waals surface area contributed by atoms with Gasteiger partial charge in [-0.15, -0.1) is 0 Å². The van der Waals surface area contributed by atoms with Gasteiger partial charge in [-0.1, -0.05) is 18.2 Å². The van der Waals surface area contributed by atoms with Crippen LogP contribution < -0.4 is 5.76 Å². The molecule has 0 unspecified atom stereocenters. The van der Waals surface area contributed by atoms with Crippen molar-refractivity contribution in [3.05, 3.63) is 70.6 Å². The summed E-state index contributed by atoms with van der Waals surface area (Å²) in [5, 5.41) is 0. The molecular formula is C19H19N3O3S. The minimum Gasteiger partial charge on any atom is -0.408 e. The molecule has 0 amide bonds. The second kappa shape index (κ2) is 6.92. The van der Waals surface area contributed by atoms with E-state index in [9.17, 15) is 9.00 Å². The van der Waals surface area contributed by atoms with Crippen LogP contribution in [0.25, 0.3) is 16.7 Å². The van der Waals surface area contributed by atoms with Crippen LogP contribution in [-0.2, 0) is 23.1 Å². The summed E-state index contributed by atoms with van der Waals surface area (Å²) in [7, 11) is -1.03. The Morgan fingerprint density at radius 2 is 2.04 bits per heavy atom. The van der Waals surface area contributed by atoms with E-state index in [-0.39, 0.29) is 5.76 Å².